The Balaban J connectivity index is 1.88. The second kappa shape index (κ2) is 6.50. The minimum Gasteiger partial charge on any atom is -0.497 e. The monoisotopic (exact) mass is 375 g/mol. The molecule has 1 aromatic carbocycles. The molecule has 23 heavy (non-hydrogen) atoms. The van der Waals surface area contributed by atoms with Crippen molar-refractivity contribution in [3.8, 4) is 11.5 Å². The molecule has 6 heteroatoms. The van der Waals surface area contributed by atoms with Gasteiger partial charge in [0, 0.05) is 40.7 Å². The highest BCUT2D eigenvalue weighted by Gasteiger charge is 2.10. The Hall–Kier alpha value is -2.21. The van der Waals surface area contributed by atoms with Crippen molar-refractivity contribution in [2.45, 2.75) is 13.5 Å². The van der Waals surface area contributed by atoms with E-state index in [0.29, 0.717) is 6.54 Å². The van der Waals surface area contributed by atoms with E-state index in [4.69, 9.17) is 9.47 Å². The molecule has 0 amide bonds. The number of nitrogens with one attached hydrogen (secondary N) is 1. The maximum absolute atomic E-state index is 5.43. The van der Waals surface area contributed by atoms with Crippen LogP contribution in [-0.4, -0.2) is 23.6 Å². The van der Waals surface area contributed by atoms with Gasteiger partial charge in [0.25, 0.3) is 0 Å². The van der Waals surface area contributed by atoms with E-state index >= 15 is 0 Å². The largest absolute Gasteiger partial charge is 0.497 e. The number of hydrogen-bond donors (Lipinski definition) is 1. The summed E-state index contributed by atoms with van der Waals surface area (Å²) in [6.45, 7) is 2.68. The average molecular weight is 376 g/mol. The van der Waals surface area contributed by atoms with Gasteiger partial charge in [-0.2, -0.15) is 0 Å². The molecule has 2 heterocycles. The number of anilines is 1. The highest BCUT2D eigenvalue weighted by atomic mass is 79.9. The van der Waals surface area contributed by atoms with Crippen LogP contribution in [0.1, 0.15) is 11.3 Å². The third kappa shape index (κ3) is 2.99. The van der Waals surface area contributed by atoms with Crippen LogP contribution in [-0.2, 0) is 6.54 Å². The van der Waals surface area contributed by atoms with Gasteiger partial charge in [-0.25, -0.2) is 4.98 Å². The van der Waals surface area contributed by atoms with Gasteiger partial charge in [-0.05, 0) is 41.1 Å². The summed E-state index contributed by atoms with van der Waals surface area (Å²) in [7, 11) is 3.30. The minimum atomic E-state index is 0.613. The topological polar surface area (TPSA) is 47.8 Å². The van der Waals surface area contributed by atoms with Crippen LogP contribution < -0.4 is 14.8 Å². The van der Waals surface area contributed by atoms with Crippen molar-refractivity contribution in [3.05, 3.63) is 52.4 Å². The van der Waals surface area contributed by atoms with Crippen LogP contribution in [0.4, 0.5) is 5.82 Å². The van der Waals surface area contributed by atoms with Crippen LogP contribution in [0.3, 0.4) is 0 Å². The van der Waals surface area contributed by atoms with E-state index in [1.54, 1.807) is 20.4 Å². The third-order valence-electron chi connectivity index (χ3n) is 3.83. The molecule has 0 aliphatic carbocycles. The highest BCUT2D eigenvalue weighted by molar-refractivity contribution is 9.10. The summed E-state index contributed by atoms with van der Waals surface area (Å²) in [5.41, 5.74) is 3.22. The molecule has 0 unspecified atom stereocenters. The summed E-state index contributed by atoms with van der Waals surface area (Å²) in [5, 5.41) is 3.38. The molecule has 0 saturated carbocycles. The fraction of sp³-hybridized carbons (Fsp3) is 0.235. The number of halogens is 1. The fourth-order valence-corrected chi connectivity index (χ4v) is 2.93. The second-order valence-electron chi connectivity index (χ2n) is 5.14. The SMILES string of the molecule is COc1ccc(CNc2nccn3c(C)c(Br)cc23)c(OC)c1. The van der Waals surface area contributed by atoms with Crippen molar-refractivity contribution in [2.75, 3.05) is 19.5 Å². The van der Waals surface area contributed by atoms with E-state index < -0.39 is 0 Å². The Morgan fingerprint density at radius 1 is 1.22 bits per heavy atom. The van der Waals surface area contributed by atoms with Gasteiger partial charge < -0.3 is 19.2 Å². The number of methoxy groups -OCH3 is 2. The molecule has 0 spiro atoms. The van der Waals surface area contributed by atoms with E-state index in [1.807, 2.05) is 24.4 Å². The Bertz CT molecular complexity index is 845. The van der Waals surface area contributed by atoms with Gasteiger partial charge in [-0.15, -0.1) is 0 Å². The van der Waals surface area contributed by atoms with E-state index in [0.717, 1.165) is 38.6 Å². The van der Waals surface area contributed by atoms with E-state index in [9.17, 15) is 0 Å². The van der Waals surface area contributed by atoms with Crippen molar-refractivity contribution >= 4 is 27.3 Å². The fourth-order valence-electron chi connectivity index (χ4n) is 2.52. The Labute approximate surface area is 143 Å². The lowest BCUT2D eigenvalue weighted by Gasteiger charge is -2.12. The molecule has 120 valence electrons. The molecular formula is C17H18BrN3O2. The summed E-state index contributed by atoms with van der Waals surface area (Å²) in [5.74, 6) is 2.40. The van der Waals surface area contributed by atoms with Gasteiger partial charge in [0.15, 0.2) is 5.82 Å². The zero-order valence-corrected chi connectivity index (χ0v) is 14.8. The van der Waals surface area contributed by atoms with Crippen LogP contribution in [0, 0.1) is 6.92 Å². The number of rotatable bonds is 5. The minimum absolute atomic E-state index is 0.613. The lowest BCUT2D eigenvalue weighted by Crippen LogP contribution is -2.05. The van der Waals surface area contributed by atoms with Crippen molar-refractivity contribution in [1.29, 1.82) is 0 Å². The maximum atomic E-state index is 5.43. The van der Waals surface area contributed by atoms with Crippen molar-refractivity contribution < 1.29 is 9.47 Å². The Morgan fingerprint density at radius 3 is 2.78 bits per heavy atom. The van der Waals surface area contributed by atoms with Gasteiger partial charge in [0.1, 0.15) is 11.5 Å². The Kier molecular flexibility index (Phi) is 4.43. The van der Waals surface area contributed by atoms with Crippen LogP contribution in [0.25, 0.3) is 5.52 Å². The van der Waals surface area contributed by atoms with E-state index in [1.165, 1.54) is 0 Å². The quantitative estimate of drug-likeness (QED) is 0.730. The maximum Gasteiger partial charge on any atom is 0.150 e. The standard InChI is InChI=1S/C17H18BrN3O2/c1-11-14(18)9-15-17(19-6-7-21(11)15)20-10-12-4-5-13(22-2)8-16(12)23-3/h4-9H,10H2,1-3H3,(H,19,20). The van der Waals surface area contributed by atoms with Gasteiger partial charge in [-0.1, -0.05) is 0 Å². The van der Waals surface area contributed by atoms with Crippen LogP contribution in [0.2, 0.25) is 0 Å². The zero-order valence-electron chi connectivity index (χ0n) is 13.3. The molecule has 5 nitrogen and oxygen atoms in total. The van der Waals surface area contributed by atoms with Gasteiger partial charge in [0.05, 0.1) is 19.7 Å². The first-order chi connectivity index (χ1) is 11.1. The molecular weight excluding hydrogens is 358 g/mol. The summed E-state index contributed by atoms with van der Waals surface area (Å²) in [6, 6.07) is 7.86. The molecule has 0 saturated heterocycles. The normalized spacial score (nSPS) is 10.8. The summed E-state index contributed by atoms with van der Waals surface area (Å²) in [4.78, 5) is 4.45. The molecule has 0 bridgehead atoms. The Morgan fingerprint density at radius 2 is 2.04 bits per heavy atom. The van der Waals surface area contributed by atoms with Crippen LogP contribution >= 0.6 is 15.9 Å². The lowest BCUT2D eigenvalue weighted by atomic mass is 10.2. The molecule has 0 aliphatic heterocycles. The number of benzene rings is 1. The first kappa shape index (κ1) is 15.7. The number of aryl methyl sites for hydroxylation is 1. The molecule has 0 fully saturated rings. The molecule has 2 aromatic heterocycles. The third-order valence-corrected chi connectivity index (χ3v) is 4.64. The zero-order chi connectivity index (χ0) is 16.4. The van der Waals surface area contributed by atoms with Crippen molar-refractivity contribution in [2.24, 2.45) is 0 Å². The second-order valence-corrected chi connectivity index (χ2v) is 5.99. The summed E-state index contributed by atoms with van der Waals surface area (Å²) < 4.78 is 13.8. The summed E-state index contributed by atoms with van der Waals surface area (Å²) >= 11 is 3.57. The lowest BCUT2D eigenvalue weighted by molar-refractivity contribution is 0.391. The number of nitrogens with zero attached hydrogens (tertiary/aromatic N) is 2. The van der Waals surface area contributed by atoms with Gasteiger partial charge in [0.2, 0.25) is 0 Å². The van der Waals surface area contributed by atoms with Crippen molar-refractivity contribution in [3.63, 3.8) is 0 Å². The average Bonchev–Trinajstić information content (AvgIpc) is 2.88. The number of aromatic nitrogens is 2. The number of hydrogen-bond acceptors (Lipinski definition) is 4. The van der Waals surface area contributed by atoms with Crippen LogP contribution in [0.5, 0.6) is 11.5 Å². The first-order valence-corrected chi connectivity index (χ1v) is 8.00. The summed E-state index contributed by atoms with van der Waals surface area (Å²) in [6.07, 6.45) is 3.74. The molecule has 3 rings (SSSR count). The molecule has 0 atom stereocenters. The number of fused-ring (bicyclic) bond motifs is 1. The predicted octanol–water partition coefficient (Wildman–Crippen LogP) is 4.03. The predicted molar refractivity (Wildman–Crippen MR) is 94.5 cm³/mol. The molecule has 0 aliphatic rings. The van der Waals surface area contributed by atoms with Gasteiger partial charge >= 0.3 is 0 Å². The smallest absolute Gasteiger partial charge is 0.150 e. The molecule has 3 aromatic rings. The van der Waals surface area contributed by atoms with Gasteiger partial charge in [-0.3, -0.25) is 0 Å². The van der Waals surface area contributed by atoms with Crippen LogP contribution in [0.15, 0.2) is 41.1 Å². The van der Waals surface area contributed by atoms with E-state index in [-0.39, 0.29) is 0 Å². The molecule has 1 N–H and O–H groups in total. The van der Waals surface area contributed by atoms with Crippen molar-refractivity contribution in [1.82, 2.24) is 9.38 Å². The first-order valence-electron chi connectivity index (χ1n) is 7.21. The molecule has 0 radical (unpaired) electrons. The highest BCUT2D eigenvalue weighted by Crippen LogP contribution is 2.28. The number of ether oxygens (including phenoxy) is 2. The van der Waals surface area contributed by atoms with E-state index in [2.05, 4.69) is 43.6 Å².